The van der Waals surface area contributed by atoms with Gasteiger partial charge >= 0.3 is 0 Å². The van der Waals surface area contributed by atoms with Crippen molar-refractivity contribution >= 4 is 23.2 Å². The lowest BCUT2D eigenvalue weighted by Gasteiger charge is -2.17. The van der Waals surface area contributed by atoms with Crippen LogP contribution in [0.4, 0.5) is 0 Å². The molecule has 2 N–H and O–H groups in total. The Morgan fingerprint density at radius 1 is 1.38 bits per heavy atom. The molecule has 0 aliphatic rings. The summed E-state index contributed by atoms with van der Waals surface area (Å²) >= 11 is 11.4. The Morgan fingerprint density at radius 3 is 2.56 bits per heavy atom. The van der Waals surface area contributed by atoms with Crippen LogP contribution in [0.2, 0.25) is 5.02 Å². The SMILES string of the molecule is COc1ccc(C(O)C(O)CCCl)cc1Cl. The van der Waals surface area contributed by atoms with Crippen LogP contribution in [0.25, 0.3) is 0 Å². The average molecular weight is 265 g/mol. The molecule has 0 fully saturated rings. The van der Waals surface area contributed by atoms with Gasteiger partial charge in [-0.15, -0.1) is 11.6 Å². The van der Waals surface area contributed by atoms with E-state index in [1.165, 1.54) is 7.11 Å². The highest BCUT2D eigenvalue weighted by atomic mass is 35.5. The summed E-state index contributed by atoms with van der Waals surface area (Å²) in [4.78, 5) is 0. The van der Waals surface area contributed by atoms with Crippen molar-refractivity contribution in [3.63, 3.8) is 0 Å². The molecule has 0 bridgehead atoms. The summed E-state index contributed by atoms with van der Waals surface area (Å²) < 4.78 is 4.99. The zero-order chi connectivity index (χ0) is 12.1. The third kappa shape index (κ3) is 3.25. The minimum atomic E-state index is -0.984. The van der Waals surface area contributed by atoms with Crippen LogP contribution in [-0.2, 0) is 0 Å². The monoisotopic (exact) mass is 264 g/mol. The Labute approximate surface area is 105 Å². The van der Waals surface area contributed by atoms with Gasteiger partial charge in [0, 0.05) is 5.88 Å². The Hall–Kier alpha value is -0.480. The molecule has 1 aromatic rings. The summed E-state index contributed by atoms with van der Waals surface area (Å²) in [6.07, 6.45) is -1.55. The number of alkyl halides is 1. The lowest BCUT2D eigenvalue weighted by Crippen LogP contribution is -2.18. The van der Waals surface area contributed by atoms with Crippen LogP contribution >= 0.6 is 23.2 Å². The minimum Gasteiger partial charge on any atom is -0.495 e. The second-order valence-electron chi connectivity index (χ2n) is 3.38. The first-order valence-corrected chi connectivity index (χ1v) is 5.77. The number of aliphatic hydroxyl groups excluding tert-OH is 2. The number of halogens is 2. The first-order valence-electron chi connectivity index (χ1n) is 4.85. The molecular formula is C11H14Cl2O3. The van der Waals surface area contributed by atoms with Gasteiger partial charge < -0.3 is 14.9 Å². The van der Waals surface area contributed by atoms with Crippen molar-refractivity contribution in [2.24, 2.45) is 0 Å². The van der Waals surface area contributed by atoms with E-state index in [1.54, 1.807) is 18.2 Å². The number of hydrogen-bond acceptors (Lipinski definition) is 3. The Kier molecular flexibility index (Phi) is 5.35. The molecule has 0 saturated heterocycles. The summed E-state index contributed by atoms with van der Waals surface area (Å²) in [5, 5.41) is 19.8. The van der Waals surface area contributed by atoms with E-state index in [4.69, 9.17) is 27.9 Å². The van der Waals surface area contributed by atoms with Gasteiger partial charge in [-0.3, -0.25) is 0 Å². The second-order valence-corrected chi connectivity index (χ2v) is 4.17. The largest absolute Gasteiger partial charge is 0.495 e. The Bertz CT molecular complexity index is 344. The molecule has 0 aliphatic carbocycles. The van der Waals surface area contributed by atoms with Gasteiger partial charge in [0.2, 0.25) is 0 Å². The van der Waals surface area contributed by atoms with E-state index >= 15 is 0 Å². The Morgan fingerprint density at radius 2 is 2.06 bits per heavy atom. The third-order valence-corrected chi connectivity index (χ3v) is 2.80. The average Bonchev–Trinajstić information content (AvgIpc) is 2.28. The summed E-state index contributed by atoms with van der Waals surface area (Å²) in [7, 11) is 1.51. The normalized spacial score (nSPS) is 14.6. The van der Waals surface area contributed by atoms with Gasteiger partial charge in [-0.2, -0.15) is 0 Å². The molecule has 3 nitrogen and oxygen atoms in total. The maximum absolute atomic E-state index is 9.80. The summed E-state index contributed by atoms with van der Waals surface area (Å²) in [6.45, 7) is 0. The van der Waals surface area contributed by atoms with Gasteiger partial charge in [0.25, 0.3) is 0 Å². The summed E-state index contributed by atoms with van der Waals surface area (Å²) in [5.41, 5.74) is 0.545. The standard InChI is InChI=1S/C11H14Cl2O3/c1-16-10-3-2-7(6-8(10)13)11(15)9(14)4-5-12/h2-3,6,9,11,14-15H,4-5H2,1H3. The molecule has 0 heterocycles. The van der Waals surface area contributed by atoms with Gasteiger partial charge in [-0.1, -0.05) is 17.7 Å². The first-order chi connectivity index (χ1) is 7.60. The molecule has 0 amide bonds. The van der Waals surface area contributed by atoms with Gasteiger partial charge in [-0.05, 0) is 24.1 Å². The van der Waals surface area contributed by atoms with Gasteiger partial charge in [0.05, 0.1) is 18.2 Å². The summed E-state index contributed by atoms with van der Waals surface area (Å²) in [6, 6.07) is 4.88. The zero-order valence-electron chi connectivity index (χ0n) is 8.86. The molecule has 5 heteroatoms. The second kappa shape index (κ2) is 6.30. The molecule has 0 spiro atoms. The lowest BCUT2D eigenvalue weighted by molar-refractivity contribution is 0.0170. The fraction of sp³-hybridized carbons (Fsp3) is 0.455. The number of hydrogen-bond donors (Lipinski definition) is 2. The molecule has 90 valence electrons. The van der Waals surface area contributed by atoms with E-state index in [9.17, 15) is 10.2 Å². The quantitative estimate of drug-likeness (QED) is 0.803. The zero-order valence-corrected chi connectivity index (χ0v) is 10.4. The van der Waals surface area contributed by atoms with Crippen LogP contribution in [0.15, 0.2) is 18.2 Å². The molecule has 0 radical (unpaired) electrons. The first kappa shape index (κ1) is 13.6. The van der Waals surface area contributed by atoms with Crippen molar-refractivity contribution < 1.29 is 14.9 Å². The van der Waals surface area contributed by atoms with E-state index in [-0.39, 0.29) is 0 Å². The van der Waals surface area contributed by atoms with Crippen molar-refractivity contribution in [2.75, 3.05) is 13.0 Å². The van der Waals surface area contributed by atoms with Crippen molar-refractivity contribution in [2.45, 2.75) is 18.6 Å². The van der Waals surface area contributed by atoms with Crippen LogP contribution < -0.4 is 4.74 Å². The molecular weight excluding hydrogens is 251 g/mol. The topological polar surface area (TPSA) is 49.7 Å². The van der Waals surface area contributed by atoms with Crippen LogP contribution in [0.1, 0.15) is 18.1 Å². The molecule has 1 rings (SSSR count). The third-order valence-electron chi connectivity index (χ3n) is 2.29. The van der Waals surface area contributed by atoms with E-state index in [2.05, 4.69) is 0 Å². The van der Waals surface area contributed by atoms with E-state index in [0.717, 1.165) is 0 Å². The number of rotatable bonds is 5. The predicted molar refractivity (Wildman–Crippen MR) is 64.3 cm³/mol. The molecule has 0 saturated carbocycles. The van der Waals surface area contributed by atoms with Crippen molar-refractivity contribution in [3.8, 4) is 5.75 Å². The lowest BCUT2D eigenvalue weighted by atomic mass is 10.0. The van der Waals surface area contributed by atoms with Crippen LogP contribution in [-0.4, -0.2) is 29.3 Å². The van der Waals surface area contributed by atoms with Crippen LogP contribution in [0.5, 0.6) is 5.75 Å². The minimum absolute atomic E-state index is 0.294. The van der Waals surface area contributed by atoms with E-state index in [0.29, 0.717) is 28.6 Å². The molecule has 2 atom stereocenters. The van der Waals surface area contributed by atoms with Gasteiger partial charge in [0.1, 0.15) is 11.9 Å². The van der Waals surface area contributed by atoms with Crippen molar-refractivity contribution in [3.05, 3.63) is 28.8 Å². The number of aliphatic hydroxyl groups is 2. The maximum atomic E-state index is 9.80. The van der Waals surface area contributed by atoms with Crippen LogP contribution in [0, 0.1) is 0 Å². The number of ether oxygens (including phenoxy) is 1. The van der Waals surface area contributed by atoms with Gasteiger partial charge in [0.15, 0.2) is 0 Å². The number of methoxy groups -OCH3 is 1. The van der Waals surface area contributed by atoms with Gasteiger partial charge in [-0.25, -0.2) is 0 Å². The fourth-order valence-electron chi connectivity index (χ4n) is 1.36. The molecule has 16 heavy (non-hydrogen) atoms. The van der Waals surface area contributed by atoms with Crippen molar-refractivity contribution in [1.29, 1.82) is 0 Å². The van der Waals surface area contributed by atoms with Crippen molar-refractivity contribution in [1.82, 2.24) is 0 Å². The highest BCUT2D eigenvalue weighted by molar-refractivity contribution is 6.32. The smallest absolute Gasteiger partial charge is 0.137 e. The maximum Gasteiger partial charge on any atom is 0.137 e. The van der Waals surface area contributed by atoms with E-state index < -0.39 is 12.2 Å². The van der Waals surface area contributed by atoms with E-state index in [1.807, 2.05) is 0 Å². The molecule has 2 unspecified atom stereocenters. The molecule has 1 aromatic carbocycles. The summed E-state index contributed by atoms with van der Waals surface area (Å²) in [5.74, 6) is 0.826. The molecule has 0 aliphatic heterocycles. The highest BCUT2D eigenvalue weighted by Crippen LogP contribution is 2.29. The fourth-order valence-corrected chi connectivity index (χ4v) is 1.85. The molecule has 0 aromatic heterocycles. The van der Waals surface area contributed by atoms with Crippen LogP contribution in [0.3, 0.4) is 0 Å². The predicted octanol–water partition coefficient (Wildman–Crippen LogP) is 2.37. The Balaban J connectivity index is 2.84. The number of benzene rings is 1. The highest BCUT2D eigenvalue weighted by Gasteiger charge is 2.18.